The van der Waals surface area contributed by atoms with Crippen molar-refractivity contribution in [3.8, 4) is 23.1 Å². The summed E-state index contributed by atoms with van der Waals surface area (Å²) in [6.07, 6.45) is 1.43. The second-order valence-corrected chi connectivity index (χ2v) is 8.07. The zero-order valence-electron chi connectivity index (χ0n) is 18.3. The topological polar surface area (TPSA) is 72.2 Å². The van der Waals surface area contributed by atoms with Gasteiger partial charge in [-0.1, -0.05) is 57.0 Å². The Morgan fingerprint density at radius 1 is 1.07 bits per heavy atom. The minimum absolute atomic E-state index is 0.334. The summed E-state index contributed by atoms with van der Waals surface area (Å²) in [5.41, 5.74) is 4.04. The number of anilines is 1. The van der Waals surface area contributed by atoms with E-state index in [1.54, 1.807) is 0 Å². The largest absolute Gasteiger partial charge is 0.462 e. The molecule has 0 spiro atoms. The Labute approximate surface area is 178 Å². The van der Waals surface area contributed by atoms with Gasteiger partial charge < -0.3 is 15.2 Å². The maximum Gasteiger partial charge on any atom is 0.336 e. The van der Waals surface area contributed by atoms with Crippen molar-refractivity contribution in [2.24, 2.45) is 5.92 Å². The van der Waals surface area contributed by atoms with Gasteiger partial charge in [0.15, 0.2) is 5.82 Å². The first kappa shape index (κ1) is 21.8. The monoisotopic (exact) mass is 408 g/mol. The van der Waals surface area contributed by atoms with E-state index in [4.69, 9.17) is 4.74 Å². The molecule has 0 aliphatic rings. The van der Waals surface area contributed by atoms with Crippen LogP contribution in [-0.4, -0.2) is 39.1 Å². The Kier molecular flexibility index (Phi) is 7.46. The number of nitrogens with zero attached hydrogens (tertiary/aromatic N) is 3. The number of benzene rings is 2. The smallest absolute Gasteiger partial charge is 0.336 e. The van der Waals surface area contributed by atoms with Crippen LogP contribution in [0.25, 0.3) is 17.1 Å². The molecule has 0 radical (unpaired) electrons. The number of hydrogen-bond acceptors (Lipinski definition) is 5. The highest BCUT2D eigenvalue weighted by atomic mass is 16.5. The van der Waals surface area contributed by atoms with E-state index < -0.39 is 0 Å². The summed E-state index contributed by atoms with van der Waals surface area (Å²) in [6.45, 7) is 9.44. The quantitative estimate of drug-likeness (QED) is 0.502. The fraction of sp³-hybridized carbons (Fsp3) is 0.417. The number of aliphatic hydroxyl groups excluding tert-OH is 1. The molecular weight excluding hydrogens is 376 g/mol. The van der Waals surface area contributed by atoms with Gasteiger partial charge in [-0.3, -0.25) is 0 Å². The van der Waals surface area contributed by atoms with E-state index >= 15 is 0 Å². The second-order valence-electron chi connectivity index (χ2n) is 8.07. The molecule has 0 aliphatic carbocycles. The molecule has 0 saturated carbocycles. The molecule has 0 bridgehead atoms. The molecular formula is C24H32N4O2. The van der Waals surface area contributed by atoms with Crippen LogP contribution in [0.3, 0.4) is 0 Å². The van der Waals surface area contributed by atoms with Crippen LogP contribution in [0.4, 0.5) is 5.69 Å². The number of ether oxygens (including phenoxy) is 1. The minimum Gasteiger partial charge on any atom is -0.462 e. The molecule has 0 aliphatic heterocycles. The number of hydrogen-bond donors (Lipinski definition) is 2. The SMILES string of the molecule is CCCC(O)CNc1ccc(-n2nc(OCC(C)C)nc2-c2ccc(C)cc2)cc1. The summed E-state index contributed by atoms with van der Waals surface area (Å²) < 4.78 is 7.60. The maximum absolute atomic E-state index is 9.92. The molecule has 2 aromatic carbocycles. The summed E-state index contributed by atoms with van der Waals surface area (Å²) in [7, 11) is 0. The fourth-order valence-electron chi connectivity index (χ4n) is 3.06. The van der Waals surface area contributed by atoms with Crippen molar-refractivity contribution in [1.29, 1.82) is 0 Å². The van der Waals surface area contributed by atoms with Gasteiger partial charge in [0.25, 0.3) is 0 Å². The van der Waals surface area contributed by atoms with E-state index in [2.05, 4.69) is 55.2 Å². The molecule has 1 heterocycles. The van der Waals surface area contributed by atoms with Crippen LogP contribution >= 0.6 is 0 Å². The third kappa shape index (κ3) is 5.83. The van der Waals surface area contributed by atoms with Gasteiger partial charge >= 0.3 is 6.01 Å². The first-order valence-electron chi connectivity index (χ1n) is 10.7. The molecule has 1 atom stereocenters. The third-order valence-corrected chi connectivity index (χ3v) is 4.72. The Balaban J connectivity index is 1.84. The molecule has 0 fully saturated rings. The zero-order chi connectivity index (χ0) is 21.5. The highest BCUT2D eigenvalue weighted by molar-refractivity contribution is 5.60. The first-order valence-corrected chi connectivity index (χ1v) is 10.7. The van der Waals surface area contributed by atoms with E-state index in [0.717, 1.165) is 35.6 Å². The lowest BCUT2D eigenvalue weighted by molar-refractivity contribution is 0.176. The predicted molar refractivity (Wildman–Crippen MR) is 121 cm³/mol. The fourth-order valence-corrected chi connectivity index (χ4v) is 3.06. The molecule has 3 rings (SSSR count). The van der Waals surface area contributed by atoms with Crippen LogP contribution in [-0.2, 0) is 0 Å². The normalized spacial score (nSPS) is 12.2. The molecule has 1 aromatic heterocycles. The van der Waals surface area contributed by atoms with E-state index in [9.17, 15) is 5.11 Å². The summed E-state index contributed by atoms with van der Waals surface area (Å²) >= 11 is 0. The Bertz CT molecular complexity index is 917. The molecule has 6 heteroatoms. The van der Waals surface area contributed by atoms with Crippen LogP contribution in [0.15, 0.2) is 48.5 Å². The van der Waals surface area contributed by atoms with Crippen molar-refractivity contribution in [3.05, 3.63) is 54.1 Å². The number of aryl methyl sites for hydroxylation is 1. The molecule has 30 heavy (non-hydrogen) atoms. The summed E-state index contributed by atoms with van der Waals surface area (Å²) in [6, 6.07) is 16.6. The highest BCUT2D eigenvalue weighted by Gasteiger charge is 2.15. The van der Waals surface area contributed by atoms with Gasteiger partial charge in [-0.05, 0) is 43.5 Å². The Morgan fingerprint density at radius 2 is 1.77 bits per heavy atom. The van der Waals surface area contributed by atoms with Crippen molar-refractivity contribution in [3.63, 3.8) is 0 Å². The summed E-state index contributed by atoms with van der Waals surface area (Å²) in [4.78, 5) is 4.64. The first-order chi connectivity index (χ1) is 14.5. The van der Waals surface area contributed by atoms with Crippen molar-refractivity contribution in [1.82, 2.24) is 14.8 Å². The molecule has 3 aromatic rings. The standard InChI is InChI=1S/C24H32N4O2/c1-5-6-22(29)15-25-20-11-13-21(14-12-20)28-23(19-9-7-18(4)8-10-19)26-24(27-28)30-16-17(2)3/h7-14,17,22,25,29H,5-6,15-16H2,1-4H3. The van der Waals surface area contributed by atoms with Gasteiger partial charge in [0.1, 0.15) is 0 Å². The summed E-state index contributed by atoms with van der Waals surface area (Å²) in [5.74, 6) is 1.14. The summed E-state index contributed by atoms with van der Waals surface area (Å²) in [5, 5.41) is 17.8. The van der Waals surface area contributed by atoms with Crippen LogP contribution in [0.5, 0.6) is 6.01 Å². The van der Waals surface area contributed by atoms with Crippen molar-refractivity contribution in [2.75, 3.05) is 18.5 Å². The lowest BCUT2D eigenvalue weighted by atomic mass is 10.1. The van der Waals surface area contributed by atoms with Gasteiger partial charge in [-0.15, -0.1) is 5.10 Å². The Morgan fingerprint density at radius 3 is 2.40 bits per heavy atom. The van der Waals surface area contributed by atoms with Gasteiger partial charge in [0.05, 0.1) is 18.4 Å². The minimum atomic E-state index is -0.334. The number of aliphatic hydroxyl groups is 1. The average Bonchev–Trinajstić information content (AvgIpc) is 3.16. The number of nitrogens with one attached hydrogen (secondary N) is 1. The van der Waals surface area contributed by atoms with E-state index in [0.29, 0.717) is 25.1 Å². The predicted octanol–water partition coefficient (Wildman–Crippen LogP) is 4.85. The highest BCUT2D eigenvalue weighted by Crippen LogP contribution is 2.25. The molecule has 160 valence electrons. The lowest BCUT2D eigenvalue weighted by Gasteiger charge is -2.12. The average molecular weight is 409 g/mol. The molecule has 2 N–H and O–H groups in total. The van der Waals surface area contributed by atoms with Gasteiger partial charge in [0.2, 0.25) is 0 Å². The van der Waals surface area contributed by atoms with Crippen LogP contribution in [0.1, 0.15) is 39.2 Å². The van der Waals surface area contributed by atoms with Crippen LogP contribution in [0.2, 0.25) is 0 Å². The van der Waals surface area contributed by atoms with Crippen molar-refractivity contribution >= 4 is 5.69 Å². The Hall–Kier alpha value is -2.86. The van der Waals surface area contributed by atoms with E-state index in [-0.39, 0.29) is 6.10 Å². The van der Waals surface area contributed by atoms with Crippen molar-refractivity contribution in [2.45, 2.75) is 46.6 Å². The van der Waals surface area contributed by atoms with Crippen LogP contribution in [0, 0.1) is 12.8 Å². The lowest BCUT2D eigenvalue weighted by Crippen LogP contribution is -2.18. The van der Waals surface area contributed by atoms with Gasteiger partial charge in [-0.25, -0.2) is 4.68 Å². The number of rotatable bonds is 10. The molecule has 0 amide bonds. The van der Waals surface area contributed by atoms with Gasteiger partial charge in [0, 0.05) is 17.8 Å². The molecule has 1 unspecified atom stereocenters. The molecule has 0 saturated heterocycles. The van der Waals surface area contributed by atoms with E-state index in [1.165, 1.54) is 5.56 Å². The van der Waals surface area contributed by atoms with E-state index in [1.807, 2.05) is 41.1 Å². The second kappa shape index (κ2) is 10.3. The molecule has 6 nitrogen and oxygen atoms in total. The van der Waals surface area contributed by atoms with Crippen molar-refractivity contribution < 1.29 is 9.84 Å². The van der Waals surface area contributed by atoms with Gasteiger partial charge in [-0.2, -0.15) is 4.98 Å². The third-order valence-electron chi connectivity index (χ3n) is 4.72. The number of aromatic nitrogens is 3. The maximum atomic E-state index is 9.92. The van der Waals surface area contributed by atoms with Crippen LogP contribution < -0.4 is 10.1 Å². The zero-order valence-corrected chi connectivity index (χ0v) is 18.3.